The molecule has 1 aromatic carbocycles. The molecule has 2 aromatic rings. The second-order valence-electron chi connectivity index (χ2n) is 5.12. The number of hydrogen-bond donors (Lipinski definition) is 1. The predicted octanol–water partition coefficient (Wildman–Crippen LogP) is 4.55. The van der Waals surface area contributed by atoms with Crippen molar-refractivity contribution < 1.29 is 19.1 Å². The third-order valence-electron chi connectivity index (χ3n) is 3.43. The highest BCUT2D eigenvalue weighted by Gasteiger charge is 2.32. The molecule has 0 bridgehead atoms. The molecule has 1 fully saturated rings. The lowest BCUT2D eigenvalue weighted by Gasteiger charge is -2.12. The van der Waals surface area contributed by atoms with E-state index in [0.717, 1.165) is 5.56 Å². The third-order valence-corrected chi connectivity index (χ3v) is 5.50. The zero-order valence-corrected chi connectivity index (χ0v) is 16.4. The number of rotatable bonds is 5. The summed E-state index contributed by atoms with van der Waals surface area (Å²) in [5.74, 6) is 0.894. The normalized spacial score (nSPS) is 16.1. The number of nitrogens with zero attached hydrogens (tertiary/aromatic N) is 1. The van der Waals surface area contributed by atoms with Gasteiger partial charge in [0.15, 0.2) is 11.5 Å². The average molecular weight is 440 g/mol. The number of thiocarbonyl (C=S) groups is 1. The summed E-state index contributed by atoms with van der Waals surface area (Å²) in [6.07, 6.45) is 3.29. The average Bonchev–Trinajstić information content (AvgIpc) is 3.16. The van der Waals surface area contributed by atoms with Gasteiger partial charge in [0, 0.05) is 4.47 Å². The number of aromatic hydroxyl groups is 1. The quantitative estimate of drug-likeness (QED) is 0.544. The van der Waals surface area contributed by atoms with Gasteiger partial charge in [-0.15, -0.1) is 0 Å². The lowest BCUT2D eigenvalue weighted by Crippen LogP contribution is -2.27. The Morgan fingerprint density at radius 1 is 1.48 bits per heavy atom. The number of amides is 1. The third kappa shape index (κ3) is 3.91. The van der Waals surface area contributed by atoms with Gasteiger partial charge in [-0.05, 0) is 42.8 Å². The van der Waals surface area contributed by atoms with Crippen LogP contribution in [-0.2, 0) is 11.3 Å². The van der Waals surface area contributed by atoms with E-state index in [-0.39, 0.29) is 11.7 Å². The molecule has 5 nitrogen and oxygen atoms in total. The van der Waals surface area contributed by atoms with Crippen LogP contribution in [0.5, 0.6) is 11.5 Å². The molecule has 0 spiro atoms. The number of ether oxygens (including phenoxy) is 1. The van der Waals surface area contributed by atoms with Crippen LogP contribution in [0.3, 0.4) is 0 Å². The number of hydrogen-bond acceptors (Lipinski definition) is 6. The summed E-state index contributed by atoms with van der Waals surface area (Å²) in [6, 6.07) is 6.79. The van der Waals surface area contributed by atoms with Crippen molar-refractivity contribution in [1.29, 1.82) is 0 Å². The van der Waals surface area contributed by atoms with Crippen LogP contribution >= 0.6 is 39.9 Å². The van der Waals surface area contributed by atoms with E-state index in [9.17, 15) is 9.90 Å². The molecule has 1 aromatic heterocycles. The van der Waals surface area contributed by atoms with E-state index in [0.29, 0.717) is 38.4 Å². The standard InChI is InChI=1S/C17H14BrNO4S2/c1-2-22-14-6-10(12(18)8-13(14)20)7-15-16(21)19(17(24)25-15)9-11-4-3-5-23-11/h3-8,20H,2,9H2,1H3/b15-7-. The van der Waals surface area contributed by atoms with Crippen LogP contribution in [0.2, 0.25) is 0 Å². The molecule has 0 unspecified atom stereocenters. The predicted molar refractivity (Wildman–Crippen MR) is 104 cm³/mol. The van der Waals surface area contributed by atoms with Crippen molar-refractivity contribution in [2.24, 2.45) is 0 Å². The number of phenolic OH excluding ortho intramolecular Hbond substituents is 1. The Morgan fingerprint density at radius 3 is 2.96 bits per heavy atom. The summed E-state index contributed by atoms with van der Waals surface area (Å²) >= 11 is 9.94. The summed E-state index contributed by atoms with van der Waals surface area (Å²) < 4.78 is 11.8. The zero-order chi connectivity index (χ0) is 18.0. The fraction of sp³-hybridized carbons (Fsp3) is 0.176. The monoisotopic (exact) mass is 439 g/mol. The van der Waals surface area contributed by atoms with Crippen molar-refractivity contribution in [3.63, 3.8) is 0 Å². The molecule has 1 amide bonds. The first-order valence-electron chi connectivity index (χ1n) is 7.42. The maximum absolute atomic E-state index is 12.6. The number of thioether (sulfide) groups is 1. The highest BCUT2D eigenvalue weighted by molar-refractivity contribution is 9.10. The summed E-state index contributed by atoms with van der Waals surface area (Å²) in [5, 5.41) is 9.90. The second-order valence-corrected chi connectivity index (χ2v) is 7.65. The molecule has 2 heterocycles. The summed E-state index contributed by atoms with van der Waals surface area (Å²) in [5.41, 5.74) is 0.722. The molecular weight excluding hydrogens is 426 g/mol. The molecule has 1 saturated heterocycles. The lowest BCUT2D eigenvalue weighted by atomic mass is 10.2. The van der Waals surface area contributed by atoms with Gasteiger partial charge in [0.05, 0.1) is 24.3 Å². The van der Waals surface area contributed by atoms with E-state index in [1.54, 1.807) is 36.6 Å². The van der Waals surface area contributed by atoms with Gasteiger partial charge >= 0.3 is 0 Å². The van der Waals surface area contributed by atoms with Crippen molar-refractivity contribution in [2.75, 3.05) is 6.61 Å². The van der Waals surface area contributed by atoms with E-state index in [1.807, 2.05) is 6.92 Å². The number of carbonyl (C=O) groups excluding carboxylic acids is 1. The Balaban J connectivity index is 1.88. The molecule has 130 valence electrons. The van der Waals surface area contributed by atoms with Gasteiger partial charge in [-0.1, -0.05) is 39.9 Å². The molecular formula is C17H14BrNO4S2. The van der Waals surface area contributed by atoms with Crippen LogP contribution < -0.4 is 4.74 Å². The highest BCUT2D eigenvalue weighted by Crippen LogP contribution is 2.38. The maximum atomic E-state index is 12.6. The molecule has 1 aliphatic rings. The van der Waals surface area contributed by atoms with Gasteiger partial charge in [0.1, 0.15) is 10.1 Å². The van der Waals surface area contributed by atoms with Crippen molar-refractivity contribution in [1.82, 2.24) is 4.90 Å². The minimum Gasteiger partial charge on any atom is -0.504 e. The van der Waals surface area contributed by atoms with Gasteiger partial charge < -0.3 is 14.3 Å². The molecule has 3 rings (SSSR count). The van der Waals surface area contributed by atoms with Gasteiger partial charge in [0.2, 0.25) is 0 Å². The van der Waals surface area contributed by atoms with Crippen molar-refractivity contribution in [3.05, 3.63) is 51.2 Å². The number of benzene rings is 1. The molecule has 0 radical (unpaired) electrons. The van der Waals surface area contributed by atoms with Crippen LogP contribution in [0.4, 0.5) is 0 Å². The van der Waals surface area contributed by atoms with Gasteiger partial charge in [-0.3, -0.25) is 9.69 Å². The maximum Gasteiger partial charge on any atom is 0.266 e. The first-order chi connectivity index (χ1) is 12.0. The molecule has 0 aliphatic carbocycles. The summed E-state index contributed by atoms with van der Waals surface area (Å²) in [7, 11) is 0. The van der Waals surface area contributed by atoms with E-state index in [2.05, 4.69) is 15.9 Å². The molecule has 1 aliphatic heterocycles. The van der Waals surface area contributed by atoms with Crippen LogP contribution in [0, 0.1) is 0 Å². The first kappa shape index (κ1) is 18.0. The molecule has 0 atom stereocenters. The molecule has 8 heteroatoms. The Kier molecular flexibility index (Phi) is 5.51. The fourth-order valence-electron chi connectivity index (χ4n) is 2.28. The van der Waals surface area contributed by atoms with Crippen molar-refractivity contribution in [2.45, 2.75) is 13.5 Å². The van der Waals surface area contributed by atoms with Crippen LogP contribution in [0.25, 0.3) is 6.08 Å². The van der Waals surface area contributed by atoms with Crippen LogP contribution in [0.15, 0.2) is 44.3 Å². The van der Waals surface area contributed by atoms with E-state index in [4.69, 9.17) is 21.4 Å². The first-order valence-corrected chi connectivity index (χ1v) is 9.44. The second kappa shape index (κ2) is 7.63. The Labute approximate surface area is 162 Å². The highest BCUT2D eigenvalue weighted by atomic mass is 79.9. The van der Waals surface area contributed by atoms with Gasteiger partial charge in [0.25, 0.3) is 5.91 Å². The van der Waals surface area contributed by atoms with Gasteiger partial charge in [-0.2, -0.15) is 0 Å². The topological polar surface area (TPSA) is 62.9 Å². The van der Waals surface area contributed by atoms with Crippen molar-refractivity contribution >= 4 is 56.2 Å². The number of phenols is 1. The van der Waals surface area contributed by atoms with Crippen LogP contribution in [-0.4, -0.2) is 26.8 Å². The summed E-state index contributed by atoms with van der Waals surface area (Å²) in [4.78, 5) is 14.7. The van der Waals surface area contributed by atoms with Crippen molar-refractivity contribution in [3.8, 4) is 11.5 Å². The number of carbonyl (C=O) groups is 1. The van der Waals surface area contributed by atoms with E-state index in [1.165, 1.54) is 16.7 Å². The Bertz CT molecular complexity index is 849. The Hall–Kier alpha value is -1.77. The SMILES string of the molecule is CCOc1cc(/C=C2\SC(=S)N(Cc3ccco3)C2=O)c(Br)cc1O. The number of halogens is 1. The smallest absolute Gasteiger partial charge is 0.266 e. The van der Waals surface area contributed by atoms with Crippen LogP contribution in [0.1, 0.15) is 18.2 Å². The summed E-state index contributed by atoms with van der Waals surface area (Å²) in [6.45, 7) is 2.57. The van der Waals surface area contributed by atoms with E-state index >= 15 is 0 Å². The Morgan fingerprint density at radius 2 is 2.28 bits per heavy atom. The molecule has 0 saturated carbocycles. The minimum absolute atomic E-state index is 0.0382. The van der Waals surface area contributed by atoms with E-state index < -0.39 is 0 Å². The molecule has 25 heavy (non-hydrogen) atoms. The largest absolute Gasteiger partial charge is 0.504 e. The fourth-order valence-corrected chi connectivity index (χ4v) is 3.97. The zero-order valence-electron chi connectivity index (χ0n) is 13.2. The minimum atomic E-state index is -0.177. The van der Waals surface area contributed by atoms with Gasteiger partial charge in [-0.25, -0.2) is 0 Å². The molecule has 1 N–H and O–H groups in total. The lowest BCUT2D eigenvalue weighted by molar-refractivity contribution is -0.122. The number of furan rings is 1.